The quantitative estimate of drug-likeness (QED) is 0.607. The number of rotatable bonds is 8. The second-order valence-electron chi connectivity index (χ2n) is 9.79. The van der Waals surface area contributed by atoms with Gasteiger partial charge in [-0.2, -0.15) is 0 Å². The normalized spacial score (nSPS) is 24.0. The van der Waals surface area contributed by atoms with Gasteiger partial charge in [-0.1, -0.05) is 6.07 Å². The van der Waals surface area contributed by atoms with Crippen LogP contribution in [0, 0.1) is 5.92 Å². The second kappa shape index (κ2) is 11.3. The van der Waals surface area contributed by atoms with Crippen LogP contribution in [0.25, 0.3) is 0 Å². The van der Waals surface area contributed by atoms with Crippen molar-refractivity contribution in [2.75, 3.05) is 51.3 Å². The predicted molar refractivity (Wildman–Crippen MR) is 128 cm³/mol. The molecule has 7 nitrogen and oxygen atoms in total. The first-order valence-corrected chi connectivity index (χ1v) is 12.7. The van der Waals surface area contributed by atoms with Gasteiger partial charge in [0.1, 0.15) is 0 Å². The molecule has 1 aromatic carbocycles. The number of carbonyl (C=O) groups is 2. The summed E-state index contributed by atoms with van der Waals surface area (Å²) in [6, 6.07) is 7.02. The van der Waals surface area contributed by atoms with Crippen LogP contribution in [0.5, 0.6) is 0 Å². The fourth-order valence-electron chi connectivity index (χ4n) is 5.75. The third-order valence-electron chi connectivity index (χ3n) is 7.81. The summed E-state index contributed by atoms with van der Waals surface area (Å²) in [5, 5.41) is 9.12. The first kappa shape index (κ1) is 24.0. The van der Waals surface area contributed by atoms with Gasteiger partial charge in [0.15, 0.2) is 0 Å². The summed E-state index contributed by atoms with van der Waals surface area (Å²) >= 11 is 0. The van der Waals surface area contributed by atoms with Crippen LogP contribution in [0.1, 0.15) is 56.1 Å². The van der Waals surface area contributed by atoms with Gasteiger partial charge in [-0.05, 0) is 80.5 Å². The molecule has 0 radical (unpaired) electrons. The molecule has 1 saturated carbocycles. The molecule has 7 heteroatoms. The van der Waals surface area contributed by atoms with E-state index in [2.05, 4.69) is 28.0 Å². The van der Waals surface area contributed by atoms with Gasteiger partial charge in [0.05, 0.1) is 7.11 Å². The van der Waals surface area contributed by atoms with Crippen molar-refractivity contribution in [1.82, 2.24) is 9.80 Å². The van der Waals surface area contributed by atoms with Gasteiger partial charge < -0.3 is 19.6 Å². The lowest BCUT2D eigenvalue weighted by molar-refractivity contribution is -0.141. The molecule has 0 spiro atoms. The number of ether oxygens (including phenoxy) is 1. The SMILES string of the molecule is COC(=O)CC[C@H]1CC[C@H](N2CCN(c3ccc4c(c3)CCN(CCCO)CC4)C2=O)CC1. The number of esters is 1. The van der Waals surface area contributed by atoms with Gasteiger partial charge in [-0.25, -0.2) is 4.79 Å². The Labute approximate surface area is 197 Å². The lowest BCUT2D eigenvalue weighted by Crippen LogP contribution is -2.41. The highest BCUT2D eigenvalue weighted by Gasteiger charge is 2.36. The molecular weight excluding hydrogens is 418 g/mol. The van der Waals surface area contributed by atoms with Crippen LogP contribution in [-0.2, 0) is 22.4 Å². The molecule has 1 saturated heterocycles. The van der Waals surface area contributed by atoms with Gasteiger partial charge in [0.2, 0.25) is 0 Å². The van der Waals surface area contributed by atoms with Crippen molar-refractivity contribution in [2.24, 2.45) is 5.92 Å². The molecule has 3 aliphatic rings. The lowest BCUT2D eigenvalue weighted by atomic mass is 9.83. The number of amides is 2. The molecule has 182 valence electrons. The molecule has 1 aromatic rings. The van der Waals surface area contributed by atoms with Crippen molar-refractivity contribution in [2.45, 2.75) is 63.8 Å². The van der Waals surface area contributed by atoms with Gasteiger partial charge in [-0.15, -0.1) is 0 Å². The number of hydrogen-bond acceptors (Lipinski definition) is 5. The number of aliphatic hydroxyl groups excluding tert-OH is 1. The Morgan fingerprint density at radius 2 is 1.82 bits per heavy atom. The van der Waals surface area contributed by atoms with Crippen LogP contribution >= 0.6 is 0 Å². The van der Waals surface area contributed by atoms with Crippen LogP contribution in [-0.4, -0.2) is 79.4 Å². The molecule has 0 aromatic heterocycles. The summed E-state index contributed by atoms with van der Waals surface area (Å²) in [7, 11) is 1.45. The van der Waals surface area contributed by atoms with Crippen molar-refractivity contribution < 1.29 is 19.4 Å². The molecule has 2 aliphatic heterocycles. The molecule has 1 N–H and O–H groups in total. The van der Waals surface area contributed by atoms with Crippen molar-refractivity contribution >= 4 is 17.7 Å². The van der Waals surface area contributed by atoms with E-state index in [1.165, 1.54) is 18.2 Å². The van der Waals surface area contributed by atoms with Crippen LogP contribution in [0.2, 0.25) is 0 Å². The number of fused-ring (bicyclic) bond motifs is 1. The number of anilines is 1. The molecule has 0 atom stereocenters. The maximum atomic E-state index is 13.3. The van der Waals surface area contributed by atoms with E-state index in [0.29, 0.717) is 18.4 Å². The molecule has 0 unspecified atom stereocenters. The maximum Gasteiger partial charge on any atom is 0.324 e. The van der Waals surface area contributed by atoms with E-state index < -0.39 is 0 Å². The number of urea groups is 1. The van der Waals surface area contributed by atoms with Gasteiger partial charge in [0.25, 0.3) is 0 Å². The molecular formula is C26H39N3O4. The van der Waals surface area contributed by atoms with Crippen LogP contribution in [0.15, 0.2) is 18.2 Å². The Kier molecular flexibility index (Phi) is 8.25. The van der Waals surface area contributed by atoms with E-state index in [9.17, 15) is 9.59 Å². The Bertz CT molecular complexity index is 822. The smallest absolute Gasteiger partial charge is 0.324 e. The largest absolute Gasteiger partial charge is 0.469 e. The maximum absolute atomic E-state index is 13.3. The summed E-state index contributed by atoms with van der Waals surface area (Å²) in [6.45, 7) is 4.78. The highest BCUT2D eigenvalue weighted by atomic mass is 16.5. The van der Waals surface area contributed by atoms with Crippen LogP contribution in [0.3, 0.4) is 0 Å². The zero-order valence-corrected chi connectivity index (χ0v) is 20.0. The number of carbonyl (C=O) groups excluding carboxylic acids is 2. The standard InChI is InChI=1S/C26H39N3O4/c1-33-25(31)10-5-20-3-7-23(8-4-20)28-16-17-29(26(28)32)24-9-6-21-11-14-27(13-2-18-30)15-12-22(21)19-24/h6,9,19-20,23,30H,2-5,7-8,10-18H2,1H3/t20-,23-. The molecule has 1 aliphatic carbocycles. The third-order valence-corrected chi connectivity index (χ3v) is 7.81. The topological polar surface area (TPSA) is 73.3 Å². The molecule has 4 rings (SSSR count). The van der Waals surface area contributed by atoms with Crippen LogP contribution in [0.4, 0.5) is 10.5 Å². The average molecular weight is 458 g/mol. The minimum atomic E-state index is -0.124. The van der Waals surface area contributed by atoms with Crippen molar-refractivity contribution in [3.63, 3.8) is 0 Å². The Balaban J connectivity index is 1.32. The predicted octanol–water partition coefficient (Wildman–Crippen LogP) is 3.22. The van der Waals surface area contributed by atoms with Gasteiger partial charge >= 0.3 is 12.0 Å². The van der Waals surface area contributed by atoms with Crippen molar-refractivity contribution in [3.05, 3.63) is 29.3 Å². The van der Waals surface area contributed by atoms with E-state index in [4.69, 9.17) is 9.84 Å². The number of methoxy groups -OCH3 is 1. The van der Waals surface area contributed by atoms with E-state index >= 15 is 0 Å². The molecule has 2 fully saturated rings. The minimum Gasteiger partial charge on any atom is -0.469 e. The first-order chi connectivity index (χ1) is 16.1. The Morgan fingerprint density at radius 1 is 1.06 bits per heavy atom. The fourth-order valence-corrected chi connectivity index (χ4v) is 5.75. The average Bonchev–Trinajstić information content (AvgIpc) is 3.11. The zero-order chi connectivity index (χ0) is 23.2. The van der Waals surface area contributed by atoms with Gasteiger partial charge in [-0.3, -0.25) is 9.69 Å². The third kappa shape index (κ3) is 5.87. The Hall–Kier alpha value is -2.12. The lowest BCUT2D eigenvalue weighted by Gasteiger charge is -2.34. The second-order valence-corrected chi connectivity index (χ2v) is 9.79. The van der Waals surface area contributed by atoms with Crippen LogP contribution < -0.4 is 4.90 Å². The van der Waals surface area contributed by atoms with E-state index in [-0.39, 0.29) is 18.6 Å². The summed E-state index contributed by atoms with van der Waals surface area (Å²) in [5.74, 6) is 0.441. The number of hydrogen-bond donors (Lipinski definition) is 1. The first-order valence-electron chi connectivity index (χ1n) is 12.7. The number of nitrogens with zero attached hydrogens (tertiary/aromatic N) is 3. The van der Waals surface area contributed by atoms with E-state index in [1.54, 1.807) is 0 Å². The van der Waals surface area contributed by atoms with Crippen molar-refractivity contribution in [1.29, 1.82) is 0 Å². The van der Waals surface area contributed by atoms with E-state index in [1.807, 2.05) is 4.90 Å². The van der Waals surface area contributed by atoms with Gasteiger partial charge in [0, 0.05) is 57.5 Å². The minimum absolute atomic E-state index is 0.124. The highest BCUT2D eigenvalue weighted by molar-refractivity contribution is 5.94. The molecule has 33 heavy (non-hydrogen) atoms. The fraction of sp³-hybridized carbons (Fsp3) is 0.692. The van der Waals surface area contributed by atoms with E-state index in [0.717, 1.165) is 89.8 Å². The highest BCUT2D eigenvalue weighted by Crippen LogP contribution is 2.33. The number of benzene rings is 1. The molecule has 0 bridgehead atoms. The monoisotopic (exact) mass is 457 g/mol. The molecule has 2 heterocycles. The zero-order valence-electron chi connectivity index (χ0n) is 20.0. The van der Waals surface area contributed by atoms with Crippen molar-refractivity contribution in [3.8, 4) is 0 Å². The summed E-state index contributed by atoms with van der Waals surface area (Å²) in [4.78, 5) is 31.2. The summed E-state index contributed by atoms with van der Waals surface area (Å²) in [5.41, 5.74) is 3.77. The Morgan fingerprint density at radius 3 is 2.55 bits per heavy atom. The number of aliphatic hydroxyl groups is 1. The summed E-state index contributed by atoms with van der Waals surface area (Å²) in [6.07, 6.45) is 8.46. The molecule has 2 amide bonds. The summed E-state index contributed by atoms with van der Waals surface area (Å²) < 4.78 is 4.77.